The molecule has 0 atom stereocenters. The number of rotatable bonds is 6. The lowest BCUT2D eigenvalue weighted by molar-refractivity contribution is 0.0921. The lowest BCUT2D eigenvalue weighted by atomic mass is 10.2. The fourth-order valence-electron chi connectivity index (χ4n) is 2.15. The van der Waals surface area contributed by atoms with Crippen LogP contribution >= 0.6 is 15.9 Å². The Balaban J connectivity index is 2.06. The number of amides is 1. The molecule has 2 rings (SSSR count). The van der Waals surface area contributed by atoms with E-state index in [9.17, 15) is 13.2 Å². The van der Waals surface area contributed by atoms with Crippen LogP contribution < -0.4 is 5.32 Å². The second-order valence-corrected chi connectivity index (χ2v) is 8.78. The third-order valence-corrected chi connectivity index (χ3v) is 6.31. The van der Waals surface area contributed by atoms with E-state index in [1.54, 1.807) is 44.3 Å². The quantitative estimate of drug-likeness (QED) is 0.764. The van der Waals surface area contributed by atoms with Gasteiger partial charge in [-0.05, 0) is 60.5 Å². The summed E-state index contributed by atoms with van der Waals surface area (Å²) in [5, 5.41) is 2.76. The maximum Gasteiger partial charge on any atom is 0.287 e. The highest BCUT2D eigenvalue weighted by molar-refractivity contribution is 9.10. The Bertz CT molecular complexity index is 857. The lowest BCUT2D eigenvalue weighted by Gasteiger charge is -2.21. The highest BCUT2D eigenvalue weighted by atomic mass is 79.9. The van der Waals surface area contributed by atoms with Crippen molar-refractivity contribution < 1.29 is 17.6 Å². The molecule has 0 bridgehead atoms. The van der Waals surface area contributed by atoms with Crippen LogP contribution in [0.3, 0.4) is 0 Å². The molecule has 136 valence electrons. The number of hydrogen-bond donors (Lipinski definition) is 1. The van der Waals surface area contributed by atoms with Crippen molar-refractivity contribution in [1.82, 2.24) is 9.62 Å². The summed E-state index contributed by atoms with van der Waals surface area (Å²) < 4.78 is 31.9. The average Bonchev–Trinajstić information content (AvgIpc) is 2.90. The normalized spacial score (nSPS) is 12.0. The number of halogens is 1. The minimum atomic E-state index is -3.51. The zero-order chi connectivity index (χ0) is 18.8. The third-order valence-electron chi connectivity index (χ3n) is 3.87. The number of sulfonamides is 1. The molecular weight excluding hydrogens is 408 g/mol. The van der Waals surface area contributed by atoms with Crippen LogP contribution in [0.2, 0.25) is 0 Å². The first kappa shape index (κ1) is 19.7. The second kappa shape index (κ2) is 7.72. The Morgan fingerprint density at radius 2 is 1.88 bits per heavy atom. The molecular formula is C17H21BrN2O4S. The molecule has 0 aliphatic heterocycles. The van der Waals surface area contributed by atoms with E-state index in [1.807, 2.05) is 13.8 Å². The van der Waals surface area contributed by atoms with Crippen molar-refractivity contribution in [1.29, 1.82) is 0 Å². The first-order valence-electron chi connectivity index (χ1n) is 7.74. The van der Waals surface area contributed by atoms with Crippen LogP contribution in [0.4, 0.5) is 0 Å². The monoisotopic (exact) mass is 428 g/mol. The molecule has 1 N–H and O–H groups in total. The van der Waals surface area contributed by atoms with Crippen molar-refractivity contribution >= 4 is 31.9 Å². The third kappa shape index (κ3) is 4.50. The van der Waals surface area contributed by atoms with Crippen LogP contribution in [0.15, 0.2) is 44.3 Å². The topological polar surface area (TPSA) is 79.6 Å². The number of carbonyl (C=O) groups is 1. The number of nitrogens with zero attached hydrogens (tertiary/aromatic N) is 1. The highest BCUT2D eigenvalue weighted by Crippen LogP contribution is 2.20. The Labute approximate surface area is 156 Å². The zero-order valence-electron chi connectivity index (χ0n) is 14.5. The molecule has 1 aromatic carbocycles. The molecule has 8 heteroatoms. The van der Waals surface area contributed by atoms with E-state index in [4.69, 9.17) is 4.42 Å². The molecule has 25 heavy (non-hydrogen) atoms. The van der Waals surface area contributed by atoms with Gasteiger partial charge in [-0.2, -0.15) is 4.31 Å². The van der Waals surface area contributed by atoms with Crippen molar-refractivity contribution in [2.75, 3.05) is 7.05 Å². The fourth-order valence-corrected chi connectivity index (χ4v) is 4.03. The molecule has 0 aliphatic carbocycles. The molecule has 1 amide bonds. The van der Waals surface area contributed by atoms with Gasteiger partial charge in [-0.15, -0.1) is 0 Å². The first-order chi connectivity index (χ1) is 11.6. The maximum atomic E-state index is 12.4. The molecule has 6 nitrogen and oxygen atoms in total. The predicted octanol–water partition coefficient (Wildman–Crippen LogP) is 3.31. The number of carbonyl (C=O) groups excluding carboxylic acids is 1. The van der Waals surface area contributed by atoms with E-state index in [2.05, 4.69) is 21.2 Å². The minimum absolute atomic E-state index is 0.125. The van der Waals surface area contributed by atoms with Gasteiger partial charge in [-0.3, -0.25) is 4.79 Å². The molecule has 0 spiro atoms. The van der Waals surface area contributed by atoms with Gasteiger partial charge in [0.2, 0.25) is 10.0 Å². The van der Waals surface area contributed by atoms with E-state index in [-0.39, 0.29) is 29.1 Å². The Kier molecular flexibility index (Phi) is 6.08. The van der Waals surface area contributed by atoms with Crippen molar-refractivity contribution in [3.05, 3.63) is 51.9 Å². The van der Waals surface area contributed by atoms with Crippen LogP contribution in [-0.4, -0.2) is 31.7 Å². The van der Waals surface area contributed by atoms with Crippen molar-refractivity contribution in [2.45, 2.75) is 38.3 Å². The van der Waals surface area contributed by atoms with Crippen LogP contribution in [-0.2, 0) is 16.6 Å². The number of nitrogens with one attached hydrogen (secondary N) is 1. The van der Waals surface area contributed by atoms with Crippen LogP contribution in [0, 0.1) is 6.92 Å². The highest BCUT2D eigenvalue weighted by Gasteiger charge is 2.22. The molecule has 1 aromatic heterocycles. The Hall–Kier alpha value is -1.64. The number of aryl methyl sites for hydroxylation is 1. The van der Waals surface area contributed by atoms with Gasteiger partial charge in [-0.1, -0.05) is 12.1 Å². The van der Waals surface area contributed by atoms with Gasteiger partial charge in [0.1, 0.15) is 0 Å². The standard InChI is InChI=1S/C17H21BrN2O4S/c1-11(2)20(4)25(22,23)14-7-5-13(6-8-14)10-19-17(21)16-12(3)9-15(18)24-16/h5-9,11H,10H2,1-4H3,(H,19,21). The first-order valence-corrected chi connectivity index (χ1v) is 9.97. The number of benzene rings is 1. The summed E-state index contributed by atoms with van der Waals surface area (Å²) in [4.78, 5) is 12.3. The van der Waals surface area contributed by atoms with Gasteiger partial charge in [0.15, 0.2) is 10.4 Å². The van der Waals surface area contributed by atoms with Crippen molar-refractivity contribution in [3.8, 4) is 0 Å². The van der Waals surface area contributed by atoms with Gasteiger partial charge < -0.3 is 9.73 Å². The molecule has 0 saturated carbocycles. The molecule has 0 aliphatic rings. The van der Waals surface area contributed by atoms with Crippen molar-refractivity contribution in [3.63, 3.8) is 0 Å². The Morgan fingerprint density at radius 1 is 1.28 bits per heavy atom. The molecule has 0 unspecified atom stereocenters. The molecule has 0 radical (unpaired) electrons. The summed E-state index contributed by atoms with van der Waals surface area (Å²) in [5.41, 5.74) is 1.53. The van der Waals surface area contributed by atoms with Gasteiger partial charge in [0.05, 0.1) is 4.90 Å². The van der Waals surface area contributed by atoms with E-state index in [0.29, 0.717) is 4.67 Å². The van der Waals surface area contributed by atoms with E-state index >= 15 is 0 Å². The summed E-state index contributed by atoms with van der Waals surface area (Å²) in [7, 11) is -1.95. The predicted molar refractivity (Wildman–Crippen MR) is 98.8 cm³/mol. The van der Waals surface area contributed by atoms with E-state index < -0.39 is 10.0 Å². The van der Waals surface area contributed by atoms with E-state index in [1.165, 1.54) is 4.31 Å². The number of hydrogen-bond acceptors (Lipinski definition) is 4. The SMILES string of the molecule is Cc1cc(Br)oc1C(=O)NCc1ccc(S(=O)(=O)N(C)C(C)C)cc1. The van der Waals surface area contributed by atoms with Gasteiger partial charge >= 0.3 is 0 Å². The number of furan rings is 1. The fraction of sp³-hybridized carbons (Fsp3) is 0.353. The van der Waals surface area contributed by atoms with Crippen LogP contribution in [0.5, 0.6) is 0 Å². The van der Waals surface area contributed by atoms with Gasteiger partial charge in [0, 0.05) is 25.2 Å². The van der Waals surface area contributed by atoms with Crippen LogP contribution in [0.25, 0.3) is 0 Å². The average molecular weight is 429 g/mol. The second-order valence-electron chi connectivity index (χ2n) is 6.00. The minimum Gasteiger partial charge on any atom is -0.444 e. The molecule has 0 fully saturated rings. The summed E-state index contributed by atoms with van der Waals surface area (Å²) in [5.74, 6) is -0.0657. The van der Waals surface area contributed by atoms with Crippen molar-refractivity contribution in [2.24, 2.45) is 0 Å². The summed E-state index contributed by atoms with van der Waals surface area (Å²) in [6.45, 7) is 5.69. The smallest absolute Gasteiger partial charge is 0.287 e. The molecule has 0 saturated heterocycles. The maximum absolute atomic E-state index is 12.4. The van der Waals surface area contributed by atoms with Gasteiger partial charge in [-0.25, -0.2) is 8.42 Å². The lowest BCUT2D eigenvalue weighted by Crippen LogP contribution is -2.33. The summed E-state index contributed by atoms with van der Waals surface area (Å²) in [6.07, 6.45) is 0. The summed E-state index contributed by atoms with van der Waals surface area (Å²) >= 11 is 3.19. The Morgan fingerprint density at radius 3 is 2.36 bits per heavy atom. The largest absolute Gasteiger partial charge is 0.444 e. The zero-order valence-corrected chi connectivity index (χ0v) is 16.9. The molecule has 1 heterocycles. The van der Waals surface area contributed by atoms with Crippen LogP contribution in [0.1, 0.15) is 35.5 Å². The van der Waals surface area contributed by atoms with Gasteiger partial charge in [0.25, 0.3) is 5.91 Å². The van der Waals surface area contributed by atoms with E-state index in [0.717, 1.165) is 11.1 Å². The summed E-state index contributed by atoms with van der Waals surface area (Å²) in [6, 6.07) is 8.06. The molecule has 2 aromatic rings.